The second kappa shape index (κ2) is 8.56. The van der Waals surface area contributed by atoms with Crippen molar-refractivity contribution in [2.75, 3.05) is 5.73 Å². The fraction of sp³-hybridized carbons (Fsp3) is 0. The molecular formula is C25H15Cl2FN4S. The summed E-state index contributed by atoms with van der Waals surface area (Å²) in [5.41, 5.74) is 10.9. The summed E-state index contributed by atoms with van der Waals surface area (Å²) in [6, 6.07) is 22.7. The third-order valence-corrected chi connectivity index (χ3v) is 6.05. The summed E-state index contributed by atoms with van der Waals surface area (Å²) >= 11 is 17.7. The molecule has 0 atom stereocenters. The minimum atomic E-state index is -0.353. The molecule has 0 unspecified atom stereocenters. The van der Waals surface area contributed by atoms with Gasteiger partial charge in [0.2, 0.25) is 4.77 Å². The van der Waals surface area contributed by atoms with Crippen molar-refractivity contribution in [2.24, 2.45) is 0 Å². The van der Waals surface area contributed by atoms with Gasteiger partial charge >= 0.3 is 0 Å². The molecule has 0 bridgehead atoms. The van der Waals surface area contributed by atoms with Crippen LogP contribution in [0.25, 0.3) is 39.1 Å². The highest BCUT2D eigenvalue weighted by Crippen LogP contribution is 2.36. The number of benzene rings is 3. The van der Waals surface area contributed by atoms with E-state index < -0.39 is 0 Å². The average Bonchev–Trinajstić information content (AvgIpc) is 2.80. The van der Waals surface area contributed by atoms with Crippen molar-refractivity contribution >= 4 is 52.3 Å². The molecule has 8 heteroatoms. The van der Waals surface area contributed by atoms with Crippen molar-refractivity contribution in [1.29, 1.82) is 0 Å². The highest BCUT2D eigenvalue weighted by molar-refractivity contribution is 7.71. The van der Waals surface area contributed by atoms with Gasteiger partial charge in [-0.15, -0.1) is 0 Å². The van der Waals surface area contributed by atoms with Crippen molar-refractivity contribution in [2.45, 2.75) is 0 Å². The second-order valence-electron chi connectivity index (χ2n) is 7.36. The second-order valence-corrected chi connectivity index (χ2v) is 8.60. The minimum Gasteiger partial charge on any atom is -0.384 e. The Bertz CT molecular complexity index is 1550. The Morgan fingerprint density at radius 1 is 0.788 bits per heavy atom. The molecule has 2 aromatic heterocycles. The van der Waals surface area contributed by atoms with Crippen LogP contribution >= 0.6 is 35.4 Å². The summed E-state index contributed by atoms with van der Waals surface area (Å²) in [7, 11) is 0. The number of nitrogen functional groups attached to an aromatic ring is 1. The lowest BCUT2D eigenvalue weighted by atomic mass is 9.99. The predicted octanol–water partition coefficient (Wildman–Crippen LogP) is 7.51. The standard InChI is InChI=1S/C25H15Cl2FN4S/c26-16-5-1-14(2-6-16)20-13-21(15-3-7-17(27)8-4-15)30-24-22(20)23(29)32(25(33)31-24)19-11-9-18(28)10-12-19/h1-13H,29H2. The first-order valence-corrected chi connectivity index (χ1v) is 11.1. The third kappa shape index (κ3) is 4.09. The highest BCUT2D eigenvalue weighted by atomic mass is 35.5. The van der Waals surface area contributed by atoms with Crippen LogP contribution in [0.5, 0.6) is 0 Å². The molecule has 2 N–H and O–H groups in total. The predicted molar refractivity (Wildman–Crippen MR) is 135 cm³/mol. The Morgan fingerprint density at radius 3 is 1.97 bits per heavy atom. The Morgan fingerprint density at radius 2 is 1.36 bits per heavy atom. The van der Waals surface area contributed by atoms with E-state index in [-0.39, 0.29) is 10.6 Å². The van der Waals surface area contributed by atoms with Gasteiger partial charge in [0.15, 0.2) is 5.65 Å². The maximum absolute atomic E-state index is 13.5. The zero-order chi connectivity index (χ0) is 23.1. The maximum atomic E-state index is 13.5. The van der Waals surface area contributed by atoms with E-state index in [1.54, 1.807) is 28.8 Å². The fourth-order valence-electron chi connectivity index (χ4n) is 3.69. The molecule has 4 nitrogen and oxygen atoms in total. The molecule has 5 rings (SSSR count). The summed E-state index contributed by atoms with van der Waals surface area (Å²) in [6.45, 7) is 0. The van der Waals surface area contributed by atoms with Gasteiger partial charge in [0.1, 0.15) is 11.6 Å². The van der Waals surface area contributed by atoms with E-state index in [0.29, 0.717) is 38.3 Å². The SMILES string of the molecule is Nc1c2c(-c3ccc(Cl)cc3)cc(-c3ccc(Cl)cc3)nc2nc(=S)n1-c1ccc(F)cc1. The molecule has 0 aliphatic heterocycles. The first-order chi connectivity index (χ1) is 15.9. The topological polar surface area (TPSA) is 56.7 Å². The van der Waals surface area contributed by atoms with Crippen LogP contribution in [-0.4, -0.2) is 14.5 Å². The molecule has 2 heterocycles. The lowest BCUT2D eigenvalue weighted by Crippen LogP contribution is -2.09. The summed E-state index contributed by atoms with van der Waals surface area (Å²) in [5, 5.41) is 1.89. The van der Waals surface area contributed by atoms with E-state index in [1.165, 1.54) is 12.1 Å². The number of fused-ring (bicyclic) bond motifs is 1. The molecule has 0 saturated heterocycles. The van der Waals surface area contributed by atoms with Gasteiger partial charge in [0, 0.05) is 15.6 Å². The highest BCUT2D eigenvalue weighted by Gasteiger charge is 2.17. The third-order valence-electron chi connectivity index (χ3n) is 5.27. The number of pyridine rings is 1. The Labute approximate surface area is 204 Å². The maximum Gasteiger partial charge on any atom is 0.207 e. The number of anilines is 1. The molecule has 0 radical (unpaired) electrons. The largest absolute Gasteiger partial charge is 0.384 e. The summed E-state index contributed by atoms with van der Waals surface area (Å²) in [6.07, 6.45) is 0. The average molecular weight is 493 g/mol. The van der Waals surface area contributed by atoms with Crippen LogP contribution in [-0.2, 0) is 0 Å². The number of aromatic nitrogens is 3. The van der Waals surface area contributed by atoms with Gasteiger partial charge in [0.05, 0.1) is 16.8 Å². The Balaban J connectivity index is 1.84. The molecule has 0 aliphatic rings. The van der Waals surface area contributed by atoms with Gasteiger partial charge in [0.25, 0.3) is 0 Å². The molecule has 0 fully saturated rings. The number of nitrogens with two attached hydrogens (primary N) is 1. The summed E-state index contributed by atoms with van der Waals surface area (Å²) in [4.78, 5) is 9.33. The molecule has 0 amide bonds. The number of rotatable bonds is 3. The van der Waals surface area contributed by atoms with E-state index in [0.717, 1.165) is 16.7 Å². The van der Waals surface area contributed by atoms with E-state index in [4.69, 9.17) is 46.1 Å². The number of nitrogens with zero attached hydrogens (tertiary/aromatic N) is 3. The van der Waals surface area contributed by atoms with Crippen LogP contribution in [0, 0.1) is 10.6 Å². The van der Waals surface area contributed by atoms with Gasteiger partial charge < -0.3 is 5.73 Å². The number of halogens is 3. The Kier molecular flexibility index (Phi) is 5.58. The van der Waals surface area contributed by atoms with Gasteiger partial charge in [-0.1, -0.05) is 47.5 Å². The summed E-state index contributed by atoms with van der Waals surface area (Å²) < 4.78 is 15.3. The van der Waals surface area contributed by atoms with Gasteiger partial charge in [-0.25, -0.2) is 9.37 Å². The normalized spacial score (nSPS) is 11.1. The number of hydrogen-bond donors (Lipinski definition) is 1. The van der Waals surface area contributed by atoms with E-state index in [1.807, 2.05) is 42.5 Å². The smallest absolute Gasteiger partial charge is 0.207 e. The first-order valence-electron chi connectivity index (χ1n) is 9.92. The molecule has 5 aromatic rings. The van der Waals surface area contributed by atoms with Crippen LogP contribution in [0.3, 0.4) is 0 Å². The minimum absolute atomic E-state index is 0.217. The monoisotopic (exact) mass is 492 g/mol. The molecule has 3 aromatic carbocycles. The summed E-state index contributed by atoms with van der Waals surface area (Å²) in [5.74, 6) is 0.00503. The zero-order valence-corrected chi connectivity index (χ0v) is 19.3. The first kappa shape index (κ1) is 21.5. The molecule has 0 saturated carbocycles. The fourth-order valence-corrected chi connectivity index (χ4v) is 4.23. The van der Waals surface area contributed by atoms with Crippen molar-refractivity contribution in [3.05, 3.63) is 99.5 Å². The van der Waals surface area contributed by atoms with E-state index >= 15 is 0 Å². The van der Waals surface area contributed by atoms with Crippen LogP contribution in [0.15, 0.2) is 78.9 Å². The van der Waals surface area contributed by atoms with Crippen LogP contribution in [0.4, 0.5) is 10.2 Å². The van der Waals surface area contributed by atoms with Crippen LogP contribution in [0.2, 0.25) is 10.0 Å². The molecule has 0 spiro atoms. The van der Waals surface area contributed by atoms with Crippen molar-refractivity contribution in [3.8, 4) is 28.1 Å². The van der Waals surface area contributed by atoms with Crippen molar-refractivity contribution in [3.63, 3.8) is 0 Å². The van der Waals surface area contributed by atoms with E-state index in [2.05, 4.69) is 4.98 Å². The molecule has 0 aliphatic carbocycles. The lowest BCUT2D eigenvalue weighted by Gasteiger charge is -2.16. The molecular weight excluding hydrogens is 478 g/mol. The van der Waals surface area contributed by atoms with Gasteiger partial charge in [-0.2, -0.15) is 4.98 Å². The van der Waals surface area contributed by atoms with Crippen molar-refractivity contribution < 1.29 is 4.39 Å². The van der Waals surface area contributed by atoms with Crippen molar-refractivity contribution in [1.82, 2.24) is 14.5 Å². The lowest BCUT2D eigenvalue weighted by molar-refractivity contribution is 0.627. The quantitative estimate of drug-likeness (QED) is 0.264. The van der Waals surface area contributed by atoms with Gasteiger partial charge in [-0.3, -0.25) is 4.57 Å². The molecule has 33 heavy (non-hydrogen) atoms. The van der Waals surface area contributed by atoms with Crippen LogP contribution < -0.4 is 5.73 Å². The number of hydrogen-bond acceptors (Lipinski definition) is 4. The molecule has 162 valence electrons. The van der Waals surface area contributed by atoms with Crippen LogP contribution in [0.1, 0.15) is 0 Å². The van der Waals surface area contributed by atoms with Gasteiger partial charge in [-0.05, 0) is 77.9 Å². The zero-order valence-electron chi connectivity index (χ0n) is 17.0. The Hall–Kier alpha value is -3.32. The van der Waals surface area contributed by atoms with E-state index in [9.17, 15) is 4.39 Å².